The van der Waals surface area contributed by atoms with Gasteiger partial charge >= 0.3 is 0 Å². The van der Waals surface area contributed by atoms with Gasteiger partial charge in [-0.1, -0.05) is 47.5 Å². The Morgan fingerprint density at radius 2 is 1.85 bits per heavy atom. The first-order valence-corrected chi connectivity index (χ1v) is 7.24. The largest absolute Gasteiger partial charge is 0.326 e. The first kappa shape index (κ1) is 13.5. The Morgan fingerprint density at radius 3 is 2.65 bits per heavy atom. The molecular weight excluding hydrogens is 293 g/mol. The number of para-hydroxylation sites is 1. The number of halogens is 2. The lowest BCUT2D eigenvalue weighted by atomic mass is 9.87. The topological polar surface area (TPSA) is 29.1 Å². The quantitative estimate of drug-likeness (QED) is 0.801. The molecule has 1 amide bonds. The Hall–Kier alpha value is -1.51. The molecule has 2 aromatic carbocycles. The number of anilines is 1. The number of nitrogens with one attached hydrogen (secondary N) is 1. The van der Waals surface area contributed by atoms with Gasteiger partial charge in [-0.25, -0.2) is 0 Å². The molecule has 0 aromatic heterocycles. The van der Waals surface area contributed by atoms with Gasteiger partial charge in [-0.05, 0) is 35.7 Å². The number of carbonyl (C=O) groups excluding carboxylic acids is 1. The van der Waals surface area contributed by atoms with Crippen molar-refractivity contribution in [3.63, 3.8) is 0 Å². The van der Waals surface area contributed by atoms with Crippen molar-refractivity contribution in [1.29, 1.82) is 0 Å². The van der Waals surface area contributed by atoms with Gasteiger partial charge in [0.25, 0.3) is 0 Å². The highest BCUT2D eigenvalue weighted by atomic mass is 35.5. The molecule has 0 spiro atoms. The summed E-state index contributed by atoms with van der Waals surface area (Å²) in [5, 5.41) is 4.04. The maximum atomic E-state index is 11.8. The zero-order chi connectivity index (χ0) is 14.1. The second-order valence-electron chi connectivity index (χ2n) is 4.90. The van der Waals surface area contributed by atoms with Gasteiger partial charge in [-0.2, -0.15) is 0 Å². The molecular formula is C16H13Cl2NO. The second-order valence-corrected chi connectivity index (χ2v) is 5.71. The molecule has 4 heteroatoms. The molecule has 0 fully saturated rings. The summed E-state index contributed by atoms with van der Waals surface area (Å²) in [6, 6.07) is 13.6. The van der Waals surface area contributed by atoms with Crippen molar-refractivity contribution in [1.82, 2.24) is 0 Å². The van der Waals surface area contributed by atoms with Crippen molar-refractivity contribution in [3.05, 3.63) is 63.6 Å². The summed E-state index contributed by atoms with van der Waals surface area (Å²) in [6.07, 6.45) is 1.26. The van der Waals surface area contributed by atoms with Crippen molar-refractivity contribution in [2.24, 2.45) is 0 Å². The third-order valence-electron chi connectivity index (χ3n) is 3.62. The molecule has 1 aliphatic rings. The average Bonchev–Trinajstić information content (AvgIpc) is 2.60. The minimum atomic E-state index is 0.0556. The smallest absolute Gasteiger partial charge is 0.224 e. The lowest BCUT2D eigenvalue weighted by Crippen LogP contribution is -2.08. The molecule has 0 bridgehead atoms. The Bertz CT molecular complexity index is 669. The molecule has 3 rings (SSSR count). The van der Waals surface area contributed by atoms with Crippen LogP contribution in [-0.4, -0.2) is 5.91 Å². The Balaban J connectivity index is 2.08. The maximum absolute atomic E-state index is 11.8. The first-order valence-electron chi connectivity index (χ1n) is 6.49. The third-order valence-corrected chi connectivity index (χ3v) is 4.36. The van der Waals surface area contributed by atoms with Gasteiger partial charge < -0.3 is 5.32 Å². The van der Waals surface area contributed by atoms with Crippen molar-refractivity contribution in [2.75, 3.05) is 5.32 Å². The van der Waals surface area contributed by atoms with Gasteiger partial charge in [0.15, 0.2) is 0 Å². The molecule has 0 radical (unpaired) electrons. The molecule has 1 atom stereocenters. The number of benzene rings is 2. The number of amides is 1. The number of carbonyl (C=O) groups is 1. The fourth-order valence-corrected chi connectivity index (χ4v) is 2.94. The maximum Gasteiger partial charge on any atom is 0.224 e. The predicted octanol–water partition coefficient (Wildman–Crippen LogP) is 4.86. The van der Waals surface area contributed by atoms with Gasteiger partial charge in [0.05, 0.1) is 10.0 Å². The van der Waals surface area contributed by atoms with Crippen LogP contribution in [0.5, 0.6) is 0 Å². The molecule has 1 N–H and O–H groups in total. The lowest BCUT2D eigenvalue weighted by molar-refractivity contribution is -0.116. The SMILES string of the molecule is O=C1CCC(c2ccc(Cl)c(Cl)c2)c2ccccc2N1. The molecule has 1 aliphatic heterocycles. The van der Waals surface area contributed by atoms with Gasteiger partial charge in [0.1, 0.15) is 0 Å². The number of rotatable bonds is 1. The van der Waals surface area contributed by atoms with E-state index in [9.17, 15) is 4.79 Å². The summed E-state index contributed by atoms with van der Waals surface area (Å²) >= 11 is 12.1. The fraction of sp³-hybridized carbons (Fsp3) is 0.188. The summed E-state index contributed by atoms with van der Waals surface area (Å²) in [4.78, 5) is 11.8. The summed E-state index contributed by atoms with van der Waals surface area (Å²) in [7, 11) is 0. The van der Waals surface area contributed by atoms with Crippen LogP contribution < -0.4 is 5.32 Å². The van der Waals surface area contributed by atoms with Gasteiger partial charge in [-0.3, -0.25) is 4.79 Å². The van der Waals surface area contributed by atoms with Crippen LogP contribution in [0.25, 0.3) is 0 Å². The molecule has 102 valence electrons. The molecule has 0 saturated carbocycles. The fourth-order valence-electron chi connectivity index (χ4n) is 2.63. The Kier molecular flexibility index (Phi) is 3.68. The zero-order valence-electron chi connectivity index (χ0n) is 10.7. The number of hydrogen-bond acceptors (Lipinski definition) is 1. The van der Waals surface area contributed by atoms with E-state index in [-0.39, 0.29) is 11.8 Å². The third kappa shape index (κ3) is 2.54. The van der Waals surface area contributed by atoms with E-state index in [2.05, 4.69) is 5.32 Å². The van der Waals surface area contributed by atoms with Crippen LogP contribution in [0, 0.1) is 0 Å². The van der Waals surface area contributed by atoms with Gasteiger partial charge in [0, 0.05) is 18.0 Å². The molecule has 1 unspecified atom stereocenters. The van der Waals surface area contributed by atoms with Crippen molar-refractivity contribution < 1.29 is 4.79 Å². The minimum Gasteiger partial charge on any atom is -0.326 e. The Labute approximate surface area is 127 Å². The first-order chi connectivity index (χ1) is 9.65. The van der Waals surface area contributed by atoms with Crippen LogP contribution in [0.1, 0.15) is 29.9 Å². The lowest BCUT2D eigenvalue weighted by Gasteiger charge is -2.18. The summed E-state index contributed by atoms with van der Waals surface area (Å²) in [5.41, 5.74) is 3.09. The standard InChI is InChI=1S/C16H13Cl2NO/c17-13-7-5-10(9-14(13)18)11-6-8-16(20)19-15-4-2-1-3-12(11)15/h1-5,7,9,11H,6,8H2,(H,19,20). The van der Waals surface area contributed by atoms with E-state index in [1.54, 1.807) is 0 Å². The van der Waals surface area contributed by atoms with E-state index < -0.39 is 0 Å². The highest BCUT2D eigenvalue weighted by Crippen LogP contribution is 2.38. The van der Waals surface area contributed by atoms with Crippen LogP contribution in [-0.2, 0) is 4.79 Å². The molecule has 2 aromatic rings. The average molecular weight is 306 g/mol. The normalized spacial score (nSPS) is 18.1. The molecule has 20 heavy (non-hydrogen) atoms. The van der Waals surface area contributed by atoms with Crippen LogP contribution in [0.2, 0.25) is 10.0 Å². The molecule has 2 nitrogen and oxygen atoms in total. The predicted molar refractivity (Wildman–Crippen MR) is 82.6 cm³/mol. The molecule has 1 heterocycles. The van der Waals surface area contributed by atoms with Crippen LogP contribution in [0.3, 0.4) is 0 Å². The highest BCUT2D eigenvalue weighted by molar-refractivity contribution is 6.42. The Morgan fingerprint density at radius 1 is 1.05 bits per heavy atom. The van der Waals surface area contributed by atoms with E-state index >= 15 is 0 Å². The minimum absolute atomic E-state index is 0.0556. The van der Waals surface area contributed by atoms with Crippen molar-refractivity contribution in [3.8, 4) is 0 Å². The van der Waals surface area contributed by atoms with E-state index in [1.165, 1.54) is 0 Å². The summed E-state index contributed by atoms with van der Waals surface area (Å²) in [5.74, 6) is 0.208. The van der Waals surface area contributed by atoms with Crippen LogP contribution in [0.4, 0.5) is 5.69 Å². The van der Waals surface area contributed by atoms with E-state index in [0.717, 1.165) is 23.2 Å². The van der Waals surface area contributed by atoms with Crippen LogP contribution >= 0.6 is 23.2 Å². The van der Waals surface area contributed by atoms with Crippen LogP contribution in [0.15, 0.2) is 42.5 Å². The summed E-state index contributed by atoms with van der Waals surface area (Å²) in [6.45, 7) is 0. The number of fused-ring (bicyclic) bond motifs is 1. The van der Waals surface area contributed by atoms with Crippen molar-refractivity contribution >= 4 is 34.8 Å². The van der Waals surface area contributed by atoms with Gasteiger partial charge in [0.2, 0.25) is 5.91 Å². The monoisotopic (exact) mass is 305 g/mol. The van der Waals surface area contributed by atoms with Crippen molar-refractivity contribution in [2.45, 2.75) is 18.8 Å². The molecule has 0 aliphatic carbocycles. The van der Waals surface area contributed by atoms with Gasteiger partial charge in [-0.15, -0.1) is 0 Å². The summed E-state index contributed by atoms with van der Waals surface area (Å²) < 4.78 is 0. The molecule has 0 saturated heterocycles. The highest BCUT2D eigenvalue weighted by Gasteiger charge is 2.23. The zero-order valence-corrected chi connectivity index (χ0v) is 12.2. The number of hydrogen-bond donors (Lipinski definition) is 1. The van der Waals surface area contributed by atoms with E-state index in [4.69, 9.17) is 23.2 Å². The second kappa shape index (κ2) is 5.47. The van der Waals surface area contributed by atoms with E-state index in [1.807, 2.05) is 42.5 Å². The van der Waals surface area contributed by atoms with E-state index in [0.29, 0.717) is 16.5 Å².